The highest BCUT2D eigenvalue weighted by Gasteiger charge is 2.33. The first-order valence-electron chi connectivity index (χ1n) is 13.1. The molecule has 5 rings (SSSR count). The van der Waals surface area contributed by atoms with Gasteiger partial charge in [0.25, 0.3) is 5.91 Å². The first kappa shape index (κ1) is 27.3. The van der Waals surface area contributed by atoms with Crippen LogP contribution in [-0.4, -0.2) is 67.0 Å². The highest BCUT2D eigenvalue weighted by atomic mass is 32.1. The second kappa shape index (κ2) is 11.4. The van der Waals surface area contributed by atoms with Crippen LogP contribution in [0.2, 0.25) is 0 Å². The summed E-state index contributed by atoms with van der Waals surface area (Å²) >= 11 is 1.34. The minimum atomic E-state index is -0.567. The number of hydrogen-bond acceptors (Lipinski definition) is 8. The lowest BCUT2D eigenvalue weighted by atomic mass is 9.79. The maximum Gasteiger partial charge on any atom is 0.251 e. The number of amides is 2. The number of aromatic nitrogens is 1. The minimum Gasteiger partial charge on any atom is -0.395 e. The fraction of sp³-hybridized carbons (Fsp3) is 0.414. The van der Waals surface area contributed by atoms with Crippen LogP contribution in [0.15, 0.2) is 47.8 Å². The molecular formula is C29H34N4O5S. The third-order valence-electron chi connectivity index (χ3n) is 7.14. The summed E-state index contributed by atoms with van der Waals surface area (Å²) < 4.78 is 11.4. The van der Waals surface area contributed by atoms with Crippen LogP contribution in [0.4, 0.5) is 10.8 Å². The van der Waals surface area contributed by atoms with E-state index in [4.69, 9.17) is 9.47 Å². The largest absolute Gasteiger partial charge is 0.395 e. The van der Waals surface area contributed by atoms with E-state index in [-0.39, 0.29) is 37.2 Å². The number of benzene rings is 2. The highest BCUT2D eigenvalue weighted by Crippen LogP contribution is 2.33. The standard InChI is InChI=1S/C29H34N4O5S/c1-18-12-33(13-19(2)38-18)23-6-4-5-20(9-23)25-15-39-28(31-25)32-26(35)11-30-27(36)21-7-8-22-14-37-17-29(3,16-34)24(22)10-21/h4-10,15,18-19,34H,11-14,16-17H2,1-3H3,(H,30,36)(H,31,32,35)/t18-,19+,29-/m1/s1. The average Bonchev–Trinajstić information content (AvgIpc) is 3.40. The molecular weight excluding hydrogens is 516 g/mol. The van der Waals surface area contributed by atoms with Gasteiger partial charge in [-0.15, -0.1) is 11.3 Å². The number of carbonyl (C=O) groups excluding carboxylic acids is 2. The average molecular weight is 551 g/mol. The van der Waals surface area contributed by atoms with Crippen molar-refractivity contribution in [2.75, 3.05) is 43.1 Å². The van der Waals surface area contributed by atoms with E-state index < -0.39 is 5.41 Å². The van der Waals surface area contributed by atoms with Crippen LogP contribution in [0, 0.1) is 0 Å². The molecule has 39 heavy (non-hydrogen) atoms. The molecule has 2 aliphatic heterocycles. The normalized spacial score (nSPS) is 22.7. The first-order chi connectivity index (χ1) is 18.7. The Morgan fingerprint density at radius 2 is 1.97 bits per heavy atom. The molecule has 3 aromatic rings. The van der Waals surface area contributed by atoms with Crippen molar-refractivity contribution >= 4 is 34.0 Å². The van der Waals surface area contributed by atoms with Gasteiger partial charge in [-0.2, -0.15) is 0 Å². The van der Waals surface area contributed by atoms with Crippen LogP contribution in [0.5, 0.6) is 0 Å². The van der Waals surface area contributed by atoms with Gasteiger partial charge in [-0.05, 0) is 49.2 Å². The second-order valence-corrected chi connectivity index (χ2v) is 11.4. The predicted molar refractivity (Wildman–Crippen MR) is 151 cm³/mol. The van der Waals surface area contributed by atoms with Crippen LogP contribution in [0.25, 0.3) is 11.3 Å². The minimum absolute atomic E-state index is 0.0841. The number of aliphatic hydroxyl groups excluding tert-OH is 1. The molecule has 0 unspecified atom stereocenters. The molecule has 1 aromatic heterocycles. The van der Waals surface area contributed by atoms with Crippen LogP contribution in [0.3, 0.4) is 0 Å². The van der Waals surface area contributed by atoms with E-state index in [0.29, 0.717) is 23.9 Å². The van der Waals surface area contributed by atoms with Gasteiger partial charge in [0.2, 0.25) is 5.91 Å². The number of rotatable bonds is 7. The summed E-state index contributed by atoms with van der Waals surface area (Å²) in [6, 6.07) is 13.5. The monoisotopic (exact) mass is 550 g/mol. The number of hydrogen-bond donors (Lipinski definition) is 3. The summed E-state index contributed by atoms with van der Waals surface area (Å²) in [5.41, 5.74) is 4.57. The Bertz CT molecular complexity index is 1350. The number of morpholine rings is 1. The van der Waals surface area contributed by atoms with Gasteiger partial charge in [-0.3, -0.25) is 9.59 Å². The fourth-order valence-electron chi connectivity index (χ4n) is 5.14. The molecule has 1 fully saturated rings. The summed E-state index contributed by atoms with van der Waals surface area (Å²) in [7, 11) is 0. The van der Waals surface area contributed by atoms with Crippen LogP contribution < -0.4 is 15.5 Å². The molecule has 0 saturated carbocycles. The number of fused-ring (bicyclic) bond motifs is 1. The van der Waals surface area contributed by atoms with Crippen molar-refractivity contribution in [1.82, 2.24) is 10.3 Å². The topological polar surface area (TPSA) is 113 Å². The number of ether oxygens (including phenoxy) is 2. The first-order valence-corrected chi connectivity index (χ1v) is 14.0. The Labute approximate surface area is 232 Å². The summed E-state index contributed by atoms with van der Waals surface area (Å²) in [6.07, 6.45) is 0.336. The number of nitrogens with zero attached hydrogens (tertiary/aromatic N) is 2. The van der Waals surface area contributed by atoms with E-state index in [0.717, 1.165) is 41.2 Å². The third-order valence-corrected chi connectivity index (χ3v) is 7.89. The van der Waals surface area contributed by atoms with E-state index in [9.17, 15) is 14.7 Å². The molecule has 0 radical (unpaired) electrons. The van der Waals surface area contributed by atoms with E-state index in [1.54, 1.807) is 12.1 Å². The molecule has 0 aliphatic carbocycles. The maximum absolute atomic E-state index is 12.8. The molecule has 10 heteroatoms. The smallest absolute Gasteiger partial charge is 0.251 e. The van der Waals surface area contributed by atoms with Crippen molar-refractivity contribution < 1.29 is 24.2 Å². The Morgan fingerprint density at radius 1 is 1.18 bits per heavy atom. The Morgan fingerprint density at radius 3 is 2.74 bits per heavy atom. The molecule has 0 bridgehead atoms. The Kier molecular flexibility index (Phi) is 7.99. The molecule has 1 saturated heterocycles. The highest BCUT2D eigenvalue weighted by molar-refractivity contribution is 7.14. The molecule has 2 aliphatic rings. The number of nitrogens with one attached hydrogen (secondary N) is 2. The number of aliphatic hydroxyl groups is 1. The molecule has 9 nitrogen and oxygen atoms in total. The van der Waals surface area contributed by atoms with Gasteiger partial charge in [0.1, 0.15) is 0 Å². The van der Waals surface area contributed by atoms with Crippen molar-refractivity contribution in [2.24, 2.45) is 0 Å². The molecule has 0 spiro atoms. The molecule has 2 aromatic carbocycles. The van der Waals surface area contributed by atoms with Gasteiger partial charge in [0.15, 0.2) is 5.13 Å². The van der Waals surface area contributed by atoms with Crippen molar-refractivity contribution in [3.05, 3.63) is 64.5 Å². The fourth-order valence-corrected chi connectivity index (χ4v) is 5.88. The molecule has 3 N–H and O–H groups in total. The predicted octanol–water partition coefficient (Wildman–Crippen LogP) is 3.57. The third kappa shape index (κ3) is 6.14. The van der Waals surface area contributed by atoms with Crippen molar-refractivity contribution in [3.63, 3.8) is 0 Å². The molecule has 2 amide bonds. The van der Waals surface area contributed by atoms with Crippen LogP contribution >= 0.6 is 11.3 Å². The van der Waals surface area contributed by atoms with Gasteiger partial charge in [-0.25, -0.2) is 4.98 Å². The number of thiazole rings is 1. The van der Waals surface area contributed by atoms with E-state index in [2.05, 4.69) is 46.5 Å². The van der Waals surface area contributed by atoms with Gasteiger partial charge >= 0.3 is 0 Å². The van der Waals surface area contributed by atoms with Gasteiger partial charge in [0, 0.05) is 40.7 Å². The zero-order valence-electron chi connectivity index (χ0n) is 22.4. The SMILES string of the molecule is C[C@@H]1CN(c2cccc(-c3csc(NC(=O)CNC(=O)c4ccc5c(c4)[C@](C)(CO)COC5)n3)c2)C[C@H](C)O1. The maximum atomic E-state index is 12.8. The molecule has 3 heterocycles. The summed E-state index contributed by atoms with van der Waals surface area (Å²) in [6.45, 7) is 8.29. The lowest BCUT2D eigenvalue weighted by Gasteiger charge is -2.37. The van der Waals surface area contributed by atoms with E-state index >= 15 is 0 Å². The van der Waals surface area contributed by atoms with Gasteiger partial charge in [0.05, 0.1) is 44.3 Å². The summed E-state index contributed by atoms with van der Waals surface area (Å²) in [5, 5.41) is 17.7. The van der Waals surface area contributed by atoms with Crippen molar-refractivity contribution in [2.45, 2.75) is 45.0 Å². The quantitative estimate of drug-likeness (QED) is 0.412. The lowest BCUT2D eigenvalue weighted by Crippen LogP contribution is -2.45. The van der Waals surface area contributed by atoms with E-state index in [1.807, 2.05) is 30.5 Å². The molecule has 3 atom stereocenters. The zero-order valence-corrected chi connectivity index (χ0v) is 23.2. The Hall–Kier alpha value is -3.31. The van der Waals surface area contributed by atoms with Crippen molar-refractivity contribution in [1.29, 1.82) is 0 Å². The van der Waals surface area contributed by atoms with Crippen molar-refractivity contribution in [3.8, 4) is 11.3 Å². The second-order valence-electron chi connectivity index (χ2n) is 10.6. The van der Waals surface area contributed by atoms with Crippen LogP contribution in [0.1, 0.15) is 42.3 Å². The van der Waals surface area contributed by atoms with E-state index in [1.165, 1.54) is 11.3 Å². The van der Waals surface area contributed by atoms with Gasteiger partial charge in [-0.1, -0.05) is 25.1 Å². The van der Waals surface area contributed by atoms with Gasteiger partial charge < -0.3 is 30.1 Å². The Balaban J connectivity index is 1.19. The summed E-state index contributed by atoms with van der Waals surface area (Å²) in [4.78, 5) is 32.3. The zero-order chi connectivity index (χ0) is 27.6. The van der Waals surface area contributed by atoms with Crippen LogP contribution in [-0.2, 0) is 26.3 Å². The lowest BCUT2D eigenvalue weighted by molar-refractivity contribution is -0.115. The molecule has 206 valence electrons. The summed E-state index contributed by atoms with van der Waals surface area (Å²) in [5.74, 6) is -0.719. The number of carbonyl (C=O) groups is 2. The number of anilines is 2.